The Balaban J connectivity index is 3.23. The first kappa shape index (κ1) is 10.4. The molecule has 66 valence electrons. The zero-order chi connectivity index (χ0) is 8.69. The average molecular weight is 158 g/mol. The average Bonchev–Trinajstić information content (AvgIpc) is 1.97. The Hall–Kier alpha value is -0.570. The zero-order valence-electron chi connectivity index (χ0n) is 7.61. The van der Waals surface area contributed by atoms with E-state index in [1.165, 1.54) is 0 Å². The van der Waals surface area contributed by atoms with Gasteiger partial charge in [-0.3, -0.25) is 4.79 Å². The molecule has 0 aliphatic heterocycles. The Bertz CT molecular complexity index is 113. The van der Waals surface area contributed by atoms with Crippen LogP contribution in [-0.4, -0.2) is 26.0 Å². The summed E-state index contributed by atoms with van der Waals surface area (Å²) in [5.74, 6) is 0.668. The van der Waals surface area contributed by atoms with E-state index in [0.29, 0.717) is 12.3 Å². The Labute approximate surface area is 68.6 Å². The minimum Gasteiger partial charge on any atom is -0.356 e. The van der Waals surface area contributed by atoms with E-state index in [1.54, 1.807) is 0 Å². The van der Waals surface area contributed by atoms with Crippen LogP contribution in [0, 0.1) is 5.92 Å². The van der Waals surface area contributed by atoms with Gasteiger partial charge in [-0.15, -0.1) is 0 Å². The van der Waals surface area contributed by atoms with Gasteiger partial charge in [0.15, 0.2) is 0 Å². The first-order valence-corrected chi connectivity index (χ1v) is 4.08. The van der Waals surface area contributed by atoms with Crippen LogP contribution in [0.15, 0.2) is 0 Å². The van der Waals surface area contributed by atoms with E-state index in [9.17, 15) is 4.79 Å². The van der Waals surface area contributed by atoms with Crippen molar-refractivity contribution in [3.63, 3.8) is 0 Å². The van der Waals surface area contributed by atoms with E-state index in [-0.39, 0.29) is 5.91 Å². The van der Waals surface area contributed by atoms with Crippen LogP contribution in [-0.2, 0) is 4.79 Å². The molecule has 0 aromatic carbocycles. The molecule has 0 bridgehead atoms. The van der Waals surface area contributed by atoms with Crippen LogP contribution in [0.2, 0.25) is 0 Å². The maximum atomic E-state index is 11.0. The highest BCUT2D eigenvalue weighted by molar-refractivity contribution is 5.75. The van der Waals surface area contributed by atoms with E-state index < -0.39 is 0 Å². The molecule has 0 radical (unpaired) electrons. The number of amides is 1. The fourth-order valence-corrected chi connectivity index (χ4v) is 0.645. The van der Waals surface area contributed by atoms with Crippen LogP contribution in [0.25, 0.3) is 0 Å². The molecule has 0 aromatic heterocycles. The summed E-state index contributed by atoms with van der Waals surface area (Å²) in [5, 5.41) is 5.76. The Morgan fingerprint density at radius 1 is 1.45 bits per heavy atom. The fraction of sp³-hybridized carbons (Fsp3) is 0.875. The number of carbonyl (C=O) groups is 1. The molecule has 0 saturated carbocycles. The third kappa shape index (κ3) is 7.33. The van der Waals surface area contributed by atoms with Gasteiger partial charge in [0, 0.05) is 19.5 Å². The molecular weight excluding hydrogens is 140 g/mol. The monoisotopic (exact) mass is 158 g/mol. The predicted molar refractivity (Wildman–Crippen MR) is 46.4 cm³/mol. The molecule has 3 nitrogen and oxygen atoms in total. The van der Waals surface area contributed by atoms with Gasteiger partial charge in [-0.1, -0.05) is 13.8 Å². The number of rotatable bonds is 5. The second-order valence-corrected chi connectivity index (χ2v) is 3.05. The lowest BCUT2D eigenvalue weighted by atomic mass is 10.2. The van der Waals surface area contributed by atoms with Gasteiger partial charge < -0.3 is 10.6 Å². The van der Waals surface area contributed by atoms with Crippen LogP contribution in [0.4, 0.5) is 0 Å². The fourth-order valence-electron chi connectivity index (χ4n) is 0.645. The molecule has 0 spiro atoms. The first-order valence-electron chi connectivity index (χ1n) is 4.08. The first-order chi connectivity index (χ1) is 5.16. The molecule has 1 amide bonds. The lowest BCUT2D eigenvalue weighted by Crippen LogP contribution is -2.29. The van der Waals surface area contributed by atoms with Gasteiger partial charge in [-0.25, -0.2) is 0 Å². The van der Waals surface area contributed by atoms with E-state index >= 15 is 0 Å². The Kier molecular flexibility index (Phi) is 5.84. The quantitative estimate of drug-likeness (QED) is 0.607. The van der Waals surface area contributed by atoms with Gasteiger partial charge in [0.25, 0.3) is 0 Å². The zero-order valence-corrected chi connectivity index (χ0v) is 7.61. The summed E-state index contributed by atoms with van der Waals surface area (Å²) in [6.45, 7) is 5.70. The standard InChI is InChI=1S/C8H18N2O/c1-7(2)6-10-8(11)4-5-9-3/h7,9H,4-6H2,1-3H3,(H,10,11). The molecule has 0 aliphatic rings. The van der Waals surface area contributed by atoms with Gasteiger partial charge in [-0.05, 0) is 13.0 Å². The van der Waals surface area contributed by atoms with Crippen molar-refractivity contribution >= 4 is 5.91 Å². The maximum absolute atomic E-state index is 11.0. The molecule has 0 rings (SSSR count). The molecule has 2 N–H and O–H groups in total. The Morgan fingerprint density at radius 3 is 2.55 bits per heavy atom. The molecule has 3 heteroatoms. The van der Waals surface area contributed by atoms with Crippen molar-refractivity contribution in [1.29, 1.82) is 0 Å². The molecule has 0 aromatic rings. The number of nitrogens with one attached hydrogen (secondary N) is 2. The van der Waals surface area contributed by atoms with Crippen molar-refractivity contribution in [3.05, 3.63) is 0 Å². The van der Waals surface area contributed by atoms with Gasteiger partial charge in [0.05, 0.1) is 0 Å². The van der Waals surface area contributed by atoms with Crippen LogP contribution in [0.3, 0.4) is 0 Å². The molecule has 0 fully saturated rings. The summed E-state index contributed by atoms with van der Waals surface area (Å²) in [5.41, 5.74) is 0. The normalized spacial score (nSPS) is 10.2. The molecule has 0 aliphatic carbocycles. The van der Waals surface area contributed by atoms with Gasteiger partial charge in [0.2, 0.25) is 5.91 Å². The van der Waals surface area contributed by atoms with Crippen LogP contribution in [0.5, 0.6) is 0 Å². The molecule has 0 atom stereocenters. The third-order valence-electron chi connectivity index (χ3n) is 1.31. The summed E-state index contributed by atoms with van der Waals surface area (Å²) in [4.78, 5) is 11.0. The molecule has 0 unspecified atom stereocenters. The van der Waals surface area contributed by atoms with Crippen molar-refractivity contribution in [3.8, 4) is 0 Å². The molecule has 0 heterocycles. The molecular formula is C8H18N2O. The van der Waals surface area contributed by atoms with Gasteiger partial charge >= 0.3 is 0 Å². The molecule has 11 heavy (non-hydrogen) atoms. The van der Waals surface area contributed by atoms with Crippen molar-refractivity contribution in [1.82, 2.24) is 10.6 Å². The minimum atomic E-state index is 0.132. The lowest BCUT2D eigenvalue weighted by molar-refractivity contribution is -0.121. The van der Waals surface area contributed by atoms with E-state index in [2.05, 4.69) is 24.5 Å². The van der Waals surface area contributed by atoms with Crippen molar-refractivity contribution in [2.24, 2.45) is 5.92 Å². The number of carbonyl (C=O) groups excluding carboxylic acids is 1. The molecule has 0 saturated heterocycles. The summed E-state index contributed by atoms with van der Waals surface area (Å²) < 4.78 is 0. The summed E-state index contributed by atoms with van der Waals surface area (Å²) in [6.07, 6.45) is 0.573. The van der Waals surface area contributed by atoms with Crippen LogP contribution < -0.4 is 10.6 Å². The highest BCUT2D eigenvalue weighted by atomic mass is 16.1. The largest absolute Gasteiger partial charge is 0.356 e. The van der Waals surface area contributed by atoms with Crippen molar-refractivity contribution in [2.75, 3.05) is 20.1 Å². The minimum absolute atomic E-state index is 0.132. The SMILES string of the molecule is CNCCC(=O)NCC(C)C. The maximum Gasteiger partial charge on any atom is 0.221 e. The third-order valence-corrected chi connectivity index (χ3v) is 1.31. The van der Waals surface area contributed by atoms with E-state index in [0.717, 1.165) is 13.1 Å². The lowest BCUT2D eigenvalue weighted by Gasteiger charge is -2.06. The van der Waals surface area contributed by atoms with E-state index in [4.69, 9.17) is 0 Å². The van der Waals surface area contributed by atoms with Crippen molar-refractivity contribution in [2.45, 2.75) is 20.3 Å². The second-order valence-electron chi connectivity index (χ2n) is 3.05. The summed E-state index contributed by atoms with van der Waals surface area (Å²) in [6, 6.07) is 0. The van der Waals surface area contributed by atoms with Crippen LogP contribution in [0.1, 0.15) is 20.3 Å². The highest BCUT2D eigenvalue weighted by Gasteiger charge is 1.99. The smallest absolute Gasteiger partial charge is 0.221 e. The second kappa shape index (κ2) is 6.16. The number of hydrogen-bond acceptors (Lipinski definition) is 2. The van der Waals surface area contributed by atoms with Gasteiger partial charge in [0.1, 0.15) is 0 Å². The van der Waals surface area contributed by atoms with Crippen molar-refractivity contribution < 1.29 is 4.79 Å². The van der Waals surface area contributed by atoms with Gasteiger partial charge in [-0.2, -0.15) is 0 Å². The topological polar surface area (TPSA) is 41.1 Å². The predicted octanol–water partition coefficient (Wildman–Crippen LogP) is 0.368. The highest BCUT2D eigenvalue weighted by Crippen LogP contribution is 1.87. The van der Waals surface area contributed by atoms with E-state index in [1.807, 2.05) is 7.05 Å². The summed E-state index contributed by atoms with van der Waals surface area (Å²) in [7, 11) is 1.84. The van der Waals surface area contributed by atoms with Crippen LogP contribution >= 0.6 is 0 Å². The Morgan fingerprint density at radius 2 is 2.09 bits per heavy atom. The number of hydrogen-bond donors (Lipinski definition) is 2. The summed E-state index contributed by atoms with van der Waals surface area (Å²) >= 11 is 0.